The van der Waals surface area contributed by atoms with Gasteiger partial charge in [0.1, 0.15) is 0 Å². The molecule has 7 nitrogen and oxygen atoms in total. The average molecular weight is 358 g/mol. The second-order valence-electron chi connectivity index (χ2n) is 4.39. The number of methoxy groups -OCH3 is 1. The Morgan fingerprint density at radius 2 is 2.19 bits per heavy atom. The van der Waals surface area contributed by atoms with E-state index in [1.54, 1.807) is 12.1 Å². The lowest BCUT2D eigenvalue weighted by atomic mass is 10.4. The first-order valence-corrected chi connectivity index (χ1v) is 7.29. The van der Waals surface area contributed by atoms with E-state index in [2.05, 4.69) is 30.9 Å². The number of ether oxygens (including phenoxy) is 1. The summed E-state index contributed by atoms with van der Waals surface area (Å²) in [6.07, 6.45) is 0.906. The number of furan rings is 1. The molecule has 114 valence electrons. The van der Waals surface area contributed by atoms with Crippen molar-refractivity contribution in [3.63, 3.8) is 0 Å². The predicted molar refractivity (Wildman–Crippen MR) is 77.3 cm³/mol. The third-order valence-corrected chi connectivity index (χ3v) is 3.16. The fraction of sp³-hybridized carbons (Fsp3) is 0.462. The second kappa shape index (κ2) is 7.37. The molecule has 0 saturated carbocycles. The zero-order chi connectivity index (χ0) is 15.2. The first kappa shape index (κ1) is 15.7. The van der Waals surface area contributed by atoms with Crippen molar-refractivity contribution in [1.82, 2.24) is 15.1 Å². The molecule has 0 unspecified atom stereocenters. The summed E-state index contributed by atoms with van der Waals surface area (Å²) in [5, 5.41) is 7.91. The molecule has 0 amide bonds. The molecule has 2 aromatic heterocycles. The number of halogens is 1. The third-order valence-electron chi connectivity index (χ3n) is 2.73. The van der Waals surface area contributed by atoms with Crippen molar-refractivity contribution in [2.45, 2.75) is 19.9 Å². The number of nitrogens with zero attached hydrogens (tertiary/aromatic N) is 3. The van der Waals surface area contributed by atoms with Gasteiger partial charge in [0.05, 0.1) is 20.2 Å². The highest BCUT2D eigenvalue weighted by Gasteiger charge is 2.16. The van der Waals surface area contributed by atoms with Crippen LogP contribution in [0.3, 0.4) is 0 Å². The molecule has 0 bridgehead atoms. The van der Waals surface area contributed by atoms with Gasteiger partial charge in [0, 0.05) is 0 Å². The minimum atomic E-state index is -0.293. The van der Waals surface area contributed by atoms with Gasteiger partial charge in [-0.3, -0.25) is 9.69 Å². The molecule has 2 aromatic rings. The van der Waals surface area contributed by atoms with Crippen molar-refractivity contribution in [3.8, 4) is 11.7 Å². The van der Waals surface area contributed by atoms with Gasteiger partial charge < -0.3 is 13.6 Å². The van der Waals surface area contributed by atoms with E-state index in [4.69, 9.17) is 8.83 Å². The highest BCUT2D eigenvalue weighted by Crippen LogP contribution is 2.24. The SMILES string of the molecule is CCCN(CC(=O)OC)Cc1nnc(-c2ccc(Br)o2)o1. The molecule has 0 saturated heterocycles. The Morgan fingerprint density at radius 3 is 2.81 bits per heavy atom. The van der Waals surface area contributed by atoms with Gasteiger partial charge in [0.15, 0.2) is 10.4 Å². The number of esters is 1. The summed E-state index contributed by atoms with van der Waals surface area (Å²) in [5.74, 6) is 0.939. The van der Waals surface area contributed by atoms with Crippen molar-refractivity contribution in [1.29, 1.82) is 0 Å². The standard InChI is InChI=1S/C13H16BrN3O4/c1-3-6-17(8-12(18)19-2)7-11-15-16-13(21-11)9-4-5-10(14)20-9/h4-5H,3,6-8H2,1-2H3. The second-order valence-corrected chi connectivity index (χ2v) is 5.17. The fourth-order valence-corrected chi connectivity index (χ4v) is 2.12. The number of carbonyl (C=O) groups is 1. The van der Waals surface area contributed by atoms with Crippen molar-refractivity contribution >= 4 is 21.9 Å². The number of carbonyl (C=O) groups excluding carboxylic acids is 1. The van der Waals surface area contributed by atoms with Crippen LogP contribution in [0.4, 0.5) is 0 Å². The maximum absolute atomic E-state index is 11.4. The molecule has 0 aliphatic heterocycles. The van der Waals surface area contributed by atoms with Crippen LogP contribution in [0.15, 0.2) is 25.6 Å². The van der Waals surface area contributed by atoms with Gasteiger partial charge in [-0.1, -0.05) is 6.92 Å². The van der Waals surface area contributed by atoms with E-state index >= 15 is 0 Å². The minimum Gasteiger partial charge on any atom is -0.468 e. The van der Waals surface area contributed by atoms with Gasteiger partial charge in [0.25, 0.3) is 5.89 Å². The minimum absolute atomic E-state index is 0.189. The van der Waals surface area contributed by atoms with E-state index < -0.39 is 0 Å². The topological polar surface area (TPSA) is 81.6 Å². The molecule has 0 aromatic carbocycles. The number of hydrogen-bond acceptors (Lipinski definition) is 7. The van der Waals surface area contributed by atoms with E-state index in [1.165, 1.54) is 7.11 Å². The molecule has 8 heteroatoms. The van der Waals surface area contributed by atoms with Crippen LogP contribution in [0.5, 0.6) is 0 Å². The Hall–Kier alpha value is -1.67. The Kier molecular flexibility index (Phi) is 5.51. The van der Waals surface area contributed by atoms with Crippen molar-refractivity contribution in [2.75, 3.05) is 20.2 Å². The molecular weight excluding hydrogens is 342 g/mol. The van der Waals surface area contributed by atoms with Crippen LogP contribution in [0, 0.1) is 0 Å². The van der Waals surface area contributed by atoms with Crippen LogP contribution < -0.4 is 0 Å². The predicted octanol–water partition coefficient (Wildman–Crippen LogP) is 2.48. The first-order valence-electron chi connectivity index (χ1n) is 6.49. The quantitative estimate of drug-likeness (QED) is 0.703. The summed E-state index contributed by atoms with van der Waals surface area (Å²) in [6, 6.07) is 3.49. The van der Waals surface area contributed by atoms with Crippen molar-refractivity contribution in [2.24, 2.45) is 0 Å². The highest BCUT2D eigenvalue weighted by molar-refractivity contribution is 9.10. The Morgan fingerprint density at radius 1 is 1.38 bits per heavy atom. The normalized spacial score (nSPS) is 11.0. The van der Waals surface area contributed by atoms with Gasteiger partial charge in [-0.15, -0.1) is 10.2 Å². The molecule has 2 rings (SSSR count). The molecule has 0 fully saturated rings. The fourth-order valence-electron chi connectivity index (χ4n) is 1.81. The largest absolute Gasteiger partial charge is 0.468 e. The molecule has 0 radical (unpaired) electrons. The van der Waals surface area contributed by atoms with Crippen LogP contribution >= 0.6 is 15.9 Å². The lowest BCUT2D eigenvalue weighted by molar-refractivity contribution is -0.142. The van der Waals surface area contributed by atoms with Crippen LogP contribution in [0.1, 0.15) is 19.2 Å². The molecule has 0 atom stereocenters. The van der Waals surface area contributed by atoms with E-state index in [0.29, 0.717) is 28.8 Å². The molecule has 0 aliphatic carbocycles. The van der Waals surface area contributed by atoms with Crippen molar-refractivity contribution < 1.29 is 18.4 Å². The molecule has 0 spiro atoms. The maximum Gasteiger partial charge on any atom is 0.319 e. The maximum atomic E-state index is 11.4. The Bertz CT molecular complexity index is 596. The van der Waals surface area contributed by atoms with Crippen LogP contribution in [-0.4, -0.2) is 41.3 Å². The summed E-state index contributed by atoms with van der Waals surface area (Å²) in [5.41, 5.74) is 0. The number of rotatable bonds is 7. The van der Waals surface area contributed by atoms with Gasteiger partial charge >= 0.3 is 5.97 Å². The summed E-state index contributed by atoms with van der Waals surface area (Å²) >= 11 is 3.22. The smallest absolute Gasteiger partial charge is 0.319 e. The molecular formula is C13H16BrN3O4. The Balaban J connectivity index is 2.04. The van der Waals surface area contributed by atoms with E-state index in [0.717, 1.165) is 13.0 Å². The van der Waals surface area contributed by atoms with Crippen LogP contribution in [-0.2, 0) is 16.1 Å². The monoisotopic (exact) mass is 357 g/mol. The van der Waals surface area contributed by atoms with Gasteiger partial charge in [-0.05, 0) is 41.0 Å². The van der Waals surface area contributed by atoms with Crippen LogP contribution in [0.2, 0.25) is 0 Å². The highest BCUT2D eigenvalue weighted by atomic mass is 79.9. The Labute approximate surface area is 130 Å². The van der Waals surface area contributed by atoms with Crippen LogP contribution in [0.25, 0.3) is 11.7 Å². The molecule has 2 heterocycles. The lowest BCUT2D eigenvalue weighted by Gasteiger charge is -2.17. The average Bonchev–Trinajstić information content (AvgIpc) is 3.07. The summed E-state index contributed by atoms with van der Waals surface area (Å²) in [6.45, 7) is 3.34. The van der Waals surface area contributed by atoms with E-state index in [-0.39, 0.29) is 12.5 Å². The molecule has 21 heavy (non-hydrogen) atoms. The van der Waals surface area contributed by atoms with Gasteiger partial charge in [0.2, 0.25) is 5.89 Å². The van der Waals surface area contributed by atoms with E-state index in [9.17, 15) is 4.79 Å². The summed E-state index contributed by atoms with van der Waals surface area (Å²) in [4.78, 5) is 13.3. The third kappa shape index (κ3) is 4.40. The summed E-state index contributed by atoms with van der Waals surface area (Å²) < 4.78 is 16.2. The zero-order valence-corrected chi connectivity index (χ0v) is 13.4. The lowest BCUT2D eigenvalue weighted by Crippen LogP contribution is -2.31. The number of hydrogen-bond donors (Lipinski definition) is 0. The van der Waals surface area contributed by atoms with Gasteiger partial charge in [-0.25, -0.2) is 0 Å². The first-order chi connectivity index (χ1) is 10.1. The summed E-state index contributed by atoms with van der Waals surface area (Å²) in [7, 11) is 1.37. The molecule has 0 N–H and O–H groups in total. The number of aromatic nitrogens is 2. The molecule has 0 aliphatic rings. The van der Waals surface area contributed by atoms with E-state index in [1.807, 2.05) is 11.8 Å². The van der Waals surface area contributed by atoms with Gasteiger partial charge in [-0.2, -0.15) is 0 Å². The zero-order valence-electron chi connectivity index (χ0n) is 11.8. The van der Waals surface area contributed by atoms with Crippen molar-refractivity contribution in [3.05, 3.63) is 22.7 Å².